The molecular weight excluding hydrogens is 325 g/mol. The van der Waals surface area contributed by atoms with Crippen molar-refractivity contribution in [1.82, 2.24) is 5.32 Å². The lowest BCUT2D eigenvalue weighted by atomic mass is 10.1. The first-order valence-electron chi connectivity index (χ1n) is 7.70. The van der Waals surface area contributed by atoms with Gasteiger partial charge in [-0.15, -0.1) is 0 Å². The molecule has 1 N–H and O–H groups in total. The van der Waals surface area contributed by atoms with Crippen LogP contribution in [0, 0.1) is 0 Å². The number of benzene rings is 2. The van der Waals surface area contributed by atoms with Crippen LogP contribution in [0.15, 0.2) is 54.6 Å². The smallest absolute Gasteiger partial charge is 0.351 e. The van der Waals surface area contributed by atoms with Gasteiger partial charge in [0.15, 0.2) is 0 Å². The summed E-state index contributed by atoms with van der Waals surface area (Å²) in [7, 11) is 1.04. The molecule has 2 aromatic carbocycles. The van der Waals surface area contributed by atoms with Crippen molar-refractivity contribution in [2.75, 3.05) is 21.3 Å². The lowest BCUT2D eigenvalue weighted by Crippen LogP contribution is -2.25. The van der Waals surface area contributed by atoms with E-state index in [0.717, 1.165) is 16.9 Å². The van der Waals surface area contributed by atoms with Crippen LogP contribution < -0.4 is 10.1 Å². The highest BCUT2D eigenvalue weighted by Crippen LogP contribution is 2.59. The molecule has 0 radical (unpaired) electrons. The summed E-state index contributed by atoms with van der Waals surface area (Å²) in [6.45, 7) is 2.02. The molecule has 130 valence electrons. The van der Waals surface area contributed by atoms with Crippen molar-refractivity contribution in [3.8, 4) is 5.75 Å². The van der Waals surface area contributed by atoms with Gasteiger partial charge in [0.05, 0.1) is 7.11 Å². The topological polar surface area (TPSA) is 56.8 Å². The maximum Gasteiger partial charge on any atom is 0.351 e. The minimum absolute atomic E-state index is 0.0306. The molecule has 0 amide bonds. The van der Waals surface area contributed by atoms with Crippen LogP contribution in [0.4, 0.5) is 0 Å². The highest BCUT2D eigenvalue weighted by molar-refractivity contribution is 7.54. The van der Waals surface area contributed by atoms with E-state index in [0.29, 0.717) is 0 Å². The summed E-state index contributed by atoms with van der Waals surface area (Å²) < 4.78 is 28.7. The minimum Gasteiger partial charge on any atom is -0.497 e. The zero-order chi connectivity index (χ0) is 17.6. The van der Waals surface area contributed by atoms with Crippen molar-refractivity contribution in [3.63, 3.8) is 0 Å². The number of rotatable bonds is 8. The van der Waals surface area contributed by atoms with Gasteiger partial charge in [-0.25, -0.2) is 0 Å². The van der Waals surface area contributed by atoms with Gasteiger partial charge in [0.25, 0.3) is 0 Å². The summed E-state index contributed by atoms with van der Waals surface area (Å²) in [5, 5.41) is 3.38. The maximum absolute atomic E-state index is 13.0. The Morgan fingerprint density at radius 3 is 1.96 bits per heavy atom. The van der Waals surface area contributed by atoms with Gasteiger partial charge in [0.1, 0.15) is 11.5 Å². The van der Waals surface area contributed by atoms with Crippen LogP contribution >= 0.6 is 7.60 Å². The lowest BCUT2D eigenvalue weighted by Gasteiger charge is -2.29. The molecule has 2 rings (SSSR count). The third-order valence-electron chi connectivity index (χ3n) is 3.96. The first-order chi connectivity index (χ1) is 11.5. The third kappa shape index (κ3) is 4.25. The number of methoxy groups -OCH3 is 1. The largest absolute Gasteiger partial charge is 0.497 e. The summed E-state index contributed by atoms with van der Waals surface area (Å²) in [6.07, 6.45) is 0. The zero-order valence-electron chi connectivity index (χ0n) is 14.4. The maximum atomic E-state index is 13.0. The fourth-order valence-corrected chi connectivity index (χ4v) is 4.03. The summed E-state index contributed by atoms with van der Waals surface area (Å²) in [5.74, 6) is 0.145. The summed E-state index contributed by atoms with van der Waals surface area (Å²) >= 11 is 0. The molecule has 5 nitrogen and oxygen atoms in total. The summed E-state index contributed by atoms with van der Waals surface area (Å²) in [5.41, 5.74) is 1.90. The Morgan fingerprint density at radius 2 is 1.46 bits per heavy atom. The molecule has 0 aliphatic heterocycles. The molecule has 24 heavy (non-hydrogen) atoms. The predicted octanol–water partition coefficient (Wildman–Crippen LogP) is 4.53. The number of ether oxygens (including phenoxy) is 1. The van der Waals surface area contributed by atoms with Gasteiger partial charge in [-0.2, -0.15) is 0 Å². The quantitative estimate of drug-likeness (QED) is 0.710. The number of hydrogen-bond donors (Lipinski definition) is 1. The molecule has 0 saturated carbocycles. The molecule has 0 unspecified atom stereocenters. The van der Waals surface area contributed by atoms with E-state index in [1.165, 1.54) is 14.2 Å². The van der Waals surface area contributed by atoms with E-state index in [-0.39, 0.29) is 6.04 Å². The van der Waals surface area contributed by atoms with Gasteiger partial charge in [0.2, 0.25) is 0 Å². The third-order valence-corrected chi connectivity index (χ3v) is 6.06. The van der Waals surface area contributed by atoms with E-state index in [4.69, 9.17) is 13.8 Å². The Bertz CT molecular complexity index is 667. The van der Waals surface area contributed by atoms with Gasteiger partial charge >= 0.3 is 7.60 Å². The van der Waals surface area contributed by atoms with Crippen LogP contribution in [0.2, 0.25) is 0 Å². The van der Waals surface area contributed by atoms with E-state index >= 15 is 0 Å². The number of hydrogen-bond acceptors (Lipinski definition) is 5. The van der Waals surface area contributed by atoms with Crippen LogP contribution in [0.1, 0.15) is 29.9 Å². The molecule has 0 bridgehead atoms. The standard InChI is InChI=1S/C18H24NO4P/c1-14(15-8-6-5-7-9-15)19-18(24(20,22-3)23-4)16-10-12-17(21-2)13-11-16/h5-14,18-19H,1-4H3/t14-,18+/m0/s1. The zero-order valence-corrected chi connectivity index (χ0v) is 15.3. The van der Waals surface area contributed by atoms with Crippen molar-refractivity contribution in [2.45, 2.75) is 18.7 Å². The fraction of sp³-hybridized carbons (Fsp3) is 0.333. The summed E-state index contributed by atoms with van der Waals surface area (Å²) in [6, 6.07) is 17.3. The molecule has 0 spiro atoms. The van der Waals surface area contributed by atoms with Gasteiger partial charge in [0, 0.05) is 20.3 Å². The lowest BCUT2D eigenvalue weighted by molar-refractivity contribution is 0.256. The highest BCUT2D eigenvalue weighted by atomic mass is 31.2. The van der Waals surface area contributed by atoms with Crippen molar-refractivity contribution < 1.29 is 18.3 Å². The van der Waals surface area contributed by atoms with Crippen molar-refractivity contribution >= 4 is 7.60 Å². The average Bonchev–Trinajstić information content (AvgIpc) is 2.66. The Balaban J connectivity index is 2.34. The second-order valence-corrected chi connectivity index (χ2v) is 7.71. The van der Waals surface area contributed by atoms with Crippen LogP contribution in [0.5, 0.6) is 5.75 Å². The predicted molar refractivity (Wildman–Crippen MR) is 95.4 cm³/mol. The molecule has 0 saturated heterocycles. The normalized spacial score (nSPS) is 14.2. The minimum atomic E-state index is -3.36. The van der Waals surface area contributed by atoms with E-state index < -0.39 is 13.4 Å². The molecule has 0 fully saturated rings. The van der Waals surface area contributed by atoms with E-state index in [9.17, 15) is 4.57 Å². The molecule has 0 heterocycles. The molecule has 2 atom stereocenters. The first kappa shape index (κ1) is 18.7. The Kier molecular flexibility index (Phi) is 6.58. The van der Waals surface area contributed by atoms with Gasteiger partial charge in [-0.1, -0.05) is 42.5 Å². The second-order valence-electron chi connectivity index (χ2n) is 5.38. The van der Waals surface area contributed by atoms with Crippen LogP contribution in [0.25, 0.3) is 0 Å². The average molecular weight is 349 g/mol. The molecule has 0 aromatic heterocycles. The SMILES string of the molecule is COc1ccc([C@H](N[C@@H](C)c2ccccc2)P(=O)(OC)OC)cc1. The molecule has 6 heteroatoms. The molecule has 2 aromatic rings. The Morgan fingerprint density at radius 1 is 0.875 bits per heavy atom. The van der Waals surface area contributed by atoms with Gasteiger partial charge in [-0.05, 0) is 30.2 Å². The van der Waals surface area contributed by atoms with Crippen LogP contribution in [-0.4, -0.2) is 21.3 Å². The molecular formula is C18H24NO4P. The first-order valence-corrected chi connectivity index (χ1v) is 9.31. The second kappa shape index (κ2) is 8.45. The molecule has 0 aliphatic rings. The van der Waals surface area contributed by atoms with Gasteiger partial charge in [-0.3, -0.25) is 9.88 Å². The highest BCUT2D eigenvalue weighted by Gasteiger charge is 2.36. The van der Waals surface area contributed by atoms with Crippen LogP contribution in [-0.2, 0) is 13.6 Å². The monoisotopic (exact) mass is 349 g/mol. The Labute approximate surface area is 143 Å². The summed E-state index contributed by atoms with van der Waals surface area (Å²) in [4.78, 5) is 0. The fourth-order valence-electron chi connectivity index (χ4n) is 2.52. The van der Waals surface area contributed by atoms with Crippen molar-refractivity contribution in [1.29, 1.82) is 0 Å². The van der Waals surface area contributed by atoms with E-state index in [2.05, 4.69) is 5.32 Å². The van der Waals surface area contributed by atoms with Gasteiger partial charge < -0.3 is 13.8 Å². The van der Waals surface area contributed by atoms with Crippen LogP contribution in [0.3, 0.4) is 0 Å². The molecule has 0 aliphatic carbocycles. The van der Waals surface area contributed by atoms with E-state index in [1.54, 1.807) is 7.11 Å². The number of nitrogens with one attached hydrogen (secondary N) is 1. The van der Waals surface area contributed by atoms with Crippen molar-refractivity contribution in [3.05, 3.63) is 65.7 Å². The van der Waals surface area contributed by atoms with E-state index in [1.807, 2.05) is 61.5 Å². The van der Waals surface area contributed by atoms with Crippen molar-refractivity contribution in [2.24, 2.45) is 0 Å². The Hall–Kier alpha value is -1.65.